The van der Waals surface area contributed by atoms with Gasteiger partial charge in [-0.05, 0) is 36.4 Å². The third kappa shape index (κ3) is 1.12. The van der Waals surface area contributed by atoms with Crippen LogP contribution in [0, 0.1) is 0 Å². The van der Waals surface area contributed by atoms with Crippen LogP contribution < -0.4 is 0 Å². The minimum absolute atomic E-state index is 0.723. The lowest BCUT2D eigenvalue weighted by Gasteiger charge is -2.35. The van der Waals surface area contributed by atoms with Gasteiger partial charge in [-0.3, -0.25) is 4.90 Å². The first-order valence-electron chi connectivity index (χ1n) is 5.69. The molecule has 2 aliphatic heterocycles. The lowest BCUT2D eigenvalue weighted by atomic mass is 9.87. The summed E-state index contributed by atoms with van der Waals surface area (Å²) >= 11 is 0. The van der Waals surface area contributed by atoms with Gasteiger partial charge >= 0.3 is 0 Å². The Labute approximate surface area is 85.7 Å². The summed E-state index contributed by atoms with van der Waals surface area (Å²) in [5.74, 6) is 0.723. The highest BCUT2D eigenvalue weighted by molar-refractivity contribution is 5.35. The van der Waals surface area contributed by atoms with Crippen LogP contribution >= 0.6 is 0 Å². The van der Waals surface area contributed by atoms with Crippen LogP contribution in [0.25, 0.3) is 0 Å². The Morgan fingerprint density at radius 1 is 1.21 bits per heavy atom. The van der Waals surface area contributed by atoms with Crippen molar-refractivity contribution in [3.8, 4) is 0 Å². The maximum Gasteiger partial charge on any atom is 0.0351 e. The largest absolute Gasteiger partial charge is 0.296 e. The minimum atomic E-state index is 0.723. The van der Waals surface area contributed by atoms with Gasteiger partial charge < -0.3 is 0 Å². The smallest absolute Gasteiger partial charge is 0.0351 e. The van der Waals surface area contributed by atoms with Gasteiger partial charge in [-0.1, -0.05) is 31.2 Å². The topological polar surface area (TPSA) is 3.24 Å². The molecule has 1 aromatic rings. The van der Waals surface area contributed by atoms with Gasteiger partial charge in [0.05, 0.1) is 0 Å². The molecule has 1 nitrogen and oxygen atoms in total. The van der Waals surface area contributed by atoms with Crippen molar-refractivity contribution < 1.29 is 0 Å². The second-order valence-corrected chi connectivity index (χ2v) is 4.68. The van der Waals surface area contributed by atoms with Crippen LogP contribution in [-0.4, -0.2) is 18.0 Å². The fourth-order valence-corrected chi connectivity index (χ4v) is 3.11. The molecule has 1 saturated heterocycles. The Balaban J connectivity index is 2.09. The molecular formula is C13H17N. The second-order valence-electron chi connectivity index (χ2n) is 4.68. The minimum Gasteiger partial charge on any atom is -0.296 e. The molecule has 0 saturated carbocycles. The zero-order valence-electron chi connectivity index (χ0n) is 8.74. The van der Waals surface area contributed by atoms with Crippen LogP contribution in [0.5, 0.6) is 0 Å². The molecule has 0 radical (unpaired) electrons. The van der Waals surface area contributed by atoms with Crippen molar-refractivity contribution in [3.05, 3.63) is 35.4 Å². The van der Waals surface area contributed by atoms with Crippen LogP contribution in [-0.2, 0) is 0 Å². The number of nitrogens with zero attached hydrogens (tertiary/aromatic N) is 1. The third-order valence-corrected chi connectivity index (χ3v) is 3.76. The average molecular weight is 187 g/mol. The van der Waals surface area contributed by atoms with E-state index in [1.165, 1.54) is 25.9 Å². The molecule has 0 aliphatic carbocycles. The number of rotatable bonds is 0. The van der Waals surface area contributed by atoms with E-state index in [9.17, 15) is 0 Å². The Morgan fingerprint density at radius 3 is 2.86 bits per heavy atom. The first-order chi connectivity index (χ1) is 6.86. The molecule has 2 atom stereocenters. The van der Waals surface area contributed by atoms with Crippen molar-refractivity contribution in [1.82, 2.24) is 4.90 Å². The molecule has 0 bridgehead atoms. The van der Waals surface area contributed by atoms with Crippen molar-refractivity contribution in [1.29, 1.82) is 0 Å². The molecule has 0 spiro atoms. The predicted molar refractivity (Wildman–Crippen MR) is 58.4 cm³/mol. The van der Waals surface area contributed by atoms with Gasteiger partial charge in [-0.2, -0.15) is 0 Å². The summed E-state index contributed by atoms with van der Waals surface area (Å²) in [6, 6.07) is 9.75. The Kier molecular flexibility index (Phi) is 1.88. The van der Waals surface area contributed by atoms with Gasteiger partial charge in [-0.25, -0.2) is 0 Å². The van der Waals surface area contributed by atoms with Crippen molar-refractivity contribution in [2.24, 2.45) is 0 Å². The van der Waals surface area contributed by atoms with E-state index in [-0.39, 0.29) is 0 Å². The number of fused-ring (bicyclic) bond motifs is 3. The first-order valence-corrected chi connectivity index (χ1v) is 5.69. The molecule has 14 heavy (non-hydrogen) atoms. The van der Waals surface area contributed by atoms with Gasteiger partial charge in [0, 0.05) is 12.6 Å². The highest BCUT2D eigenvalue weighted by Crippen LogP contribution is 2.41. The summed E-state index contributed by atoms with van der Waals surface area (Å²) in [6.07, 6.45) is 2.75. The lowest BCUT2D eigenvalue weighted by molar-refractivity contribution is 0.225. The highest BCUT2D eigenvalue weighted by atomic mass is 15.2. The summed E-state index contributed by atoms with van der Waals surface area (Å²) < 4.78 is 0. The van der Waals surface area contributed by atoms with Gasteiger partial charge in [0.15, 0.2) is 0 Å². The molecule has 0 unspecified atom stereocenters. The maximum atomic E-state index is 2.66. The quantitative estimate of drug-likeness (QED) is 0.603. The number of hydrogen-bond acceptors (Lipinski definition) is 1. The van der Waals surface area contributed by atoms with Crippen LogP contribution in [0.2, 0.25) is 0 Å². The highest BCUT2D eigenvalue weighted by Gasteiger charge is 2.33. The fourth-order valence-electron chi connectivity index (χ4n) is 3.11. The second kappa shape index (κ2) is 3.09. The van der Waals surface area contributed by atoms with E-state index >= 15 is 0 Å². The van der Waals surface area contributed by atoms with Crippen LogP contribution in [0.3, 0.4) is 0 Å². The van der Waals surface area contributed by atoms with Crippen LogP contribution in [0.15, 0.2) is 24.3 Å². The summed E-state index contributed by atoms with van der Waals surface area (Å²) in [6.45, 7) is 4.93. The van der Waals surface area contributed by atoms with Crippen LogP contribution in [0.1, 0.15) is 42.9 Å². The van der Waals surface area contributed by atoms with Crippen molar-refractivity contribution in [2.45, 2.75) is 31.7 Å². The molecule has 3 rings (SSSR count). The van der Waals surface area contributed by atoms with E-state index in [0.717, 1.165) is 12.0 Å². The van der Waals surface area contributed by atoms with E-state index in [1.807, 2.05) is 0 Å². The fraction of sp³-hybridized carbons (Fsp3) is 0.538. The Bertz CT molecular complexity index is 345. The zero-order valence-corrected chi connectivity index (χ0v) is 8.74. The van der Waals surface area contributed by atoms with Gasteiger partial charge in [-0.15, -0.1) is 0 Å². The van der Waals surface area contributed by atoms with E-state index in [4.69, 9.17) is 0 Å². The monoisotopic (exact) mass is 187 g/mol. The first kappa shape index (κ1) is 8.49. The molecule has 1 fully saturated rings. The average Bonchev–Trinajstić information content (AvgIpc) is 2.66. The van der Waals surface area contributed by atoms with E-state index in [2.05, 4.69) is 36.1 Å². The SMILES string of the molecule is C[C@H]1CN2CCC[C@@H]2c2ccccc21. The summed E-state index contributed by atoms with van der Waals surface area (Å²) in [5.41, 5.74) is 3.19. The molecule has 0 amide bonds. The molecule has 2 heterocycles. The number of benzene rings is 1. The molecule has 2 aliphatic rings. The maximum absolute atomic E-state index is 2.66. The Morgan fingerprint density at radius 2 is 2.00 bits per heavy atom. The van der Waals surface area contributed by atoms with Crippen molar-refractivity contribution >= 4 is 0 Å². The van der Waals surface area contributed by atoms with E-state index < -0.39 is 0 Å². The summed E-state index contributed by atoms with van der Waals surface area (Å²) in [4.78, 5) is 2.66. The molecule has 74 valence electrons. The molecule has 0 N–H and O–H groups in total. The Hall–Kier alpha value is -0.820. The molecule has 1 aromatic carbocycles. The van der Waals surface area contributed by atoms with Gasteiger partial charge in [0.25, 0.3) is 0 Å². The molecular weight excluding hydrogens is 170 g/mol. The molecule has 1 heteroatoms. The van der Waals surface area contributed by atoms with Gasteiger partial charge in [0.1, 0.15) is 0 Å². The van der Waals surface area contributed by atoms with E-state index in [1.54, 1.807) is 11.1 Å². The van der Waals surface area contributed by atoms with E-state index in [0.29, 0.717) is 0 Å². The van der Waals surface area contributed by atoms with Crippen LogP contribution in [0.4, 0.5) is 0 Å². The standard InChI is InChI=1S/C13H17N/c1-10-9-14-8-4-7-13(14)12-6-3-2-5-11(10)12/h2-3,5-6,10,13H,4,7-9H2,1H3/t10-,13+/m0/s1. The summed E-state index contributed by atoms with van der Waals surface area (Å²) in [7, 11) is 0. The predicted octanol–water partition coefficient (Wildman–Crippen LogP) is 2.94. The lowest BCUT2D eigenvalue weighted by Crippen LogP contribution is -2.32. The van der Waals surface area contributed by atoms with Crippen molar-refractivity contribution in [3.63, 3.8) is 0 Å². The number of hydrogen-bond donors (Lipinski definition) is 0. The van der Waals surface area contributed by atoms with Crippen molar-refractivity contribution in [2.75, 3.05) is 13.1 Å². The summed E-state index contributed by atoms with van der Waals surface area (Å²) in [5, 5.41) is 0. The van der Waals surface area contributed by atoms with Gasteiger partial charge in [0.2, 0.25) is 0 Å². The zero-order chi connectivity index (χ0) is 9.54. The molecule has 0 aromatic heterocycles. The third-order valence-electron chi connectivity index (χ3n) is 3.76. The normalized spacial score (nSPS) is 31.2.